The summed E-state index contributed by atoms with van der Waals surface area (Å²) in [6, 6.07) is 12.8. The number of aliphatic imine (C=N–C) groups is 1. The van der Waals surface area contributed by atoms with E-state index in [-0.39, 0.29) is 12.3 Å². The maximum atomic E-state index is 12.9. The van der Waals surface area contributed by atoms with Crippen LogP contribution in [0.5, 0.6) is 17.2 Å². The van der Waals surface area contributed by atoms with Gasteiger partial charge in [-0.2, -0.15) is 0 Å². The minimum absolute atomic E-state index is 0.262. The lowest BCUT2D eigenvalue weighted by Gasteiger charge is -2.17. The van der Waals surface area contributed by atoms with Crippen molar-refractivity contribution in [2.75, 3.05) is 27.9 Å². The van der Waals surface area contributed by atoms with Crippen molar-refractivity contribution < 1.29 is 28.9 Å². The van der Waals surface area contributed by atoms with E-state index < -0.39 is 11.2 Å². The Morgan fingerprint density at radius 3 is 2.45 bits per heavy atom. The molecule has 2 aromatic carbocycles. The molecule has 2 aromatic rings. The van der Waals surface area contributed by atoms with Crippen LogP contribution < -0.4 is 14.2 Å². The van der Waals surface area contributed by atoms with Crippen molar-refractivity contribution in [3.8, 4) is 17.2 Å². The molecule has 0 spiro atoms. The predicted molar refractivity (Wildman–Crippen MR) is 119 cm³/mol. The van der Waals surface area contributed by atoms with Gasteiger partial charge in [0.1, 0.15) is 16.7 Å². The lowest BCUT2D eigenvalue weighted by molar-refractivity contribution is -0.139. The van der Waals surface area contributed by atoms with Crippen molar-refractivity contribution in [2.45, 2.75) is 18.1 Å². The minimum atomic E-state index is -1.02. The van der Waals surface area contributed by atoms with Crippen molar-refractivity contribution in [1.29, 1.82) is 0 Å². The van der Waals surface area contributed by atoms with E-state index in [2.05, 4.69) is 4.99 Å². The van der Waals surface area contributed by atoms with Gasteiger partial charge in [0, 0.05) is 6.54 Å². The van der Waals surface area contributed by atoms with Crippen LogP contribution in [0.2, 0.25) is 0 Å². The summed E-state index contributed by atoms with van der Waals surface area (Å²) < 4.78 is 16.0. The van der Waals surface area contributed by atoms with Gasteiger partial charge in [0.25, 0.3) is 0 Å². The lowest BCUT2D eigenvalue weighted by Crippen LogP contribution is -2.34. The first kappa shape index (κ1) is 22.5. The van der Waals surface area contributed by atoms with Gasteiger partial charge in [-0.3, -0.25) is 14.5 Å². The zero-order valence-corrected chi connectivity index (χ0v) is 18.3. The summed E-state index contributed by atoms with van der Waals surface area (Å²) in [6.07, 6.45) is 0.276. The fourth-order valence-electron chi connectivity index (χ4n) is 3.19. The lowest BCUT2D eigenvalue weighted by atomic mass is 10.1. The molecule has 1 saturated heterocycles. The largest absolute Gasteiger partial charge is 0.494 e. The molecular weight excluding hydrogens is 420 g/mol. The molecule has 164 valence electrons. The predicted octanol–water partition coefficient (Wildman–Crippen LogP) is 3.36. The van der Waals surface area contributed by atoms with Crippen LogP contribution >= 0.6 is 11.8 Å². The quantitative estimate of drug-likeness (QED) is 0.633. The van der Waals surface area contributed by atoms with Crippen molar-refractivity contribution in [2.24, 2.45) is 4.99 Å². The van der Waals surface area contributed by atoms with Crippen LogP contribution in [0.25, 0.3) is 0 Å². The van der Waals surface area contributed by atoms with Crippen LogP contribution in [0, 0.1) is 0 Å². The van der Waals surface area contributed by atoms with Gasteiger partial charge in [-0.05, 0) is 36.2 Å². The number of aliphatic carboxylic acids is 1. The second-order valence-corrected chi connectivity index (χ2v) is 7.87. The molecule has 9 heteroatoms. The molecular formula is C22H24N2O6S. The number of nitrogens with zero attached hydrogens (tertiary/aromatic N) is 2. The number of carbonyl (C=O) groups excluding carboxylic acids is 1. The summed E-state index contributed by atoms with van der Waals surface area (Å²) >= 11 is 1.16. The topological polar surface area (TPSA) is 97.7 Å². The van der Waals surface area contributed by atoms with Crippen LogP contribution in [0.15, 0.2) is 47.5 Å². The number of hydrogen-bond acceptors (Lipinski definition) is 7. The molecule has 1 heterocycles. The first-order chi connectivity index (χ1) is 15.0. The minimum Gasteiger partial charge on any atom is -0.494 e. The molecule has 1 N–H and O–H groups in total. The van der Waals surface area contributed by atoms with E-state index in [9.17, 15) is 14.7 Å². The molecule has 8 nitrogen and oxygen atoms in total. The fourth-order valence-corrected chi connectivity index (χ4v) is 4.36. The third-order valence-electron chi connectivity index (χ3n) is 4.75. The van der Waals surface area contributed by atoms with E-state index in [1.807, 2.05) is 30.3 Å². The van der Waals surface area contributed by atoms with Crippen molar-refractivity contribution in [3.63, 3.8) is 0 Å². The molecule has 1 atom stereocenters. The third kappa shape index (κ3) is 5.29. The van der Waals surface area contributed by atoms with Crippen molar-refractivity contribution >= 4 is 34.5 Å². The molecule has 0 radical (unpaired) electrons. The zero-order valence-electron chi connectivity index (χ0n) is 17.5. The SMILES string of the molecule is COc1ccccc1N=C1SC(CC(=O)O)C(=O)N1CCc1ccc(OC)c(OC)c1. The highest BCUT2D eigenvalue weighted by molar-refractivity contribution is 8.15. The number of methoxy groups -OCH3 is 3. The molecule has 0 aliphatic carbocycles. The van der Waals surface area contributed by atoms with Crippen LogP contribution in [-0.2, 0) is 16.0 Å². The standard InChI is InChI=1S/C22H24N2O6S/c1-28-16-7-5-4-6-15(16)23-22-24(21(27)19(31-22)13-20(25)26)11-10-14-8-9-17(29-2)18(12-14)30-3/h4-9,12,19H,10-11,13H2,1-3H3,(H,25,26). The first-order valence-electron chi connectivity index (χ1n) is 9.59. The Balaban J connectivity index is 1.86. The number of carbonyl (C=O) groups is 2. The number of carboxylic acids is 1. The molecule has 1 aliphatic heterocycles. The van der Waals surface area contributed by atoms with Crippen LogP contribution in [0.1, 0.15) is 12.0 Å². The van der Waals surface area contributed by atoms with Crippen LogP contribution in [-0.4, -0.2) is 60.2 Å². The van der Waals surface area contributed by atoms with E-state index >= 15 is 0 Å². The van der Waals surface area contributed by atoms with Gasteiger partial charge in [0.05, 0.1) is 27.8 Å². The monoisotopic (exact) mass is 444 g/mol. The maximum Gasteiger partial charge on any atom is 0.305 e. The molecule has 1 fully saturated rings. The van der Waals surface area contributed by atoms with Crippen LogP contribution in [0.3, 0.4) is 0 Å². The van der Waals surface area contributed by atoms with Gasteiger partial charge < -0.3 is 19.3 Å². The Bertz CT molecular complexity index is 994. The Morgan fingerprint density at radius 2 is 1.77 bits per heavy atom. The van der Waals surface area contributed by atoms with Gasteiger partial charge in [0.2, 0.25) is 5.91 Å². The summed E-state index contributed by atoms with van der Waals surface area (Å²) in [5, 5.41) is 8.93. The number of amidine groups is 1. The van der Waals surface area contributed by atoms with Gasteiger partial charge in [-0.25, -0.2) is 4.99 Å². The Kier molecular flexibility index (Phi) is 7.41. The summed E-state index contributed by atoms with van der Waals surface area (Å²) in [5.74, 6) is 0.517. The smallest absolute Gasteiger partial charge is 0.305 e. The second-order valence-electron chi connectivity index (χ2n) is 6.70. The van der Waals surface area contributed by atoms with Crippen molar-refractivity contribution in [1.82, 2.24) is 4.90 Å². The number of thioether (sulfide) groups is 1. The summed E-state index contributed by atoms with van der Waals surface area (Å²) in [4.78, 5) is 30.3. The van der Waals surface area contributed by atoms with Gasteiger partial charge >= 0.3 is 5.97 Å². The highest BCUT2D eigenvalue weighted by Gasteiger charge is 2.39. The fraction of sp³-hybridized carbons (Fsp3) is 0.318. The summed E-state index contributed by atoms with van der Waals surface area (Å²) in [5.41, 5.74) is 1.53. The van der Waals surface area contributed by atoms with Gasteiger partial charge in [0.15, 0.2) is 16.7 Å². The molecule has 1 amide bonds. The molecule has 1 unspecified atom stereocenters. The molecule has 1 aliphatic rings. The average Bonchev–Trinajstić information content (AvgIpc) is 3.05. The van der Waals surface area contributed by atoms with E-state index in [4.69, 9.17) is 14.2 Å². The maximum absolute atomic E-state index is 12.9. The second kappa shape index (κ2) is 10.2. The number of carboxylic acid groups (broad SMARTS) is 1. The molecule has 0 saturated carbocycles. The van der Waals surface area contributed by atoms with Gasteiger partial charge in [-0.1, -0.05) is 30.0 Å². The summed E-state index contributed by atoms with van der Waals surface area (Å²) in [6.45, 7) is 0.353. The van der Waals surface area contributed by atoms with Gasteiger partial charge in [-0.15, -0.1) is 0 Å². The first-order valence-corrected chi connectivity index (χ1v) is 10.5. The Labute approximate surface area is 184 Å². The molecule has 0 aromatic heterocycles. The van der Waals surface area contributed by atoms with E-state index in [0.717, 1.165) is 17.3 Å². The molecule has 3 rings (SSSR count). The number of ether oxygens (including phenoxy) is 3. The number of amides is 1. The van der Waals surface area contributed by atoms with E-state index in [1.165, 1.54) is 0 Å². The third-order valence-corrected chi connectivity index (χ3v) is 5.93. The number of para-hydroxylation sites is 2. The Morgan fingerprint density at radius 1 is 1.06 bits per heavy atom. The average molecular weight is 445 g/mol. The number of rotatable bonds is 9. The van der Waals surface area contributed by atoms with Crippen molar-refractivity contribution in [3.05, 3.63) is 48.0 Å². The van der Waals surface area contributed by atoms with E-state index in [1.54, 1.807) is 38.4 Å². The number of hydrogen-bond donors (Lipinski definition) is 1. The molecule has 31 heavy (non-hydrogen) atoms. The highest BCUT2D eigenvalue weighted by Crippen LogP contribution is 2.35. The normalized spacial score (nSPS) is 17.1. The van der Waals surface area contributed by atoms with E-state index in [0.29, 0.717) is 41.1 Å². The number of benzene rings is 2. The van der Waals surface area contributed by atoms with Crippen LogP contribution in [0.4, 0.5) is 5.69 Å². The summed E-state index contributed by atoms with van der Waals surface area (Å²) in [7, 11) is 4.69. The highest BCUT2D eigenvalue weighted by atomic mass is 32.2. The zero-order chi connectivity index (χ0) is 22.4. The molecule has 0 bridgehead atoms. The Hall–Kier alpha value is -3.20.